The summed E-state index contributed by atoms with van der Waals surface area (Å²) in [6.45, 7) is 1.33. The van der Waals surface area contributed by atoms with Crippen molar-refractivity contribution in [3.05, 3.63) is 48.0 Å². The average Bonchev–Trinajstić information content (AvgIpc) is 3.41. The monoisotopic (exact) mass is 491 g/mol. The first kappa shape index (κ1) is 24.2. The number of benzene rings is 1. The van der Waals surface area contributed by atoms with Gasteiger partial charge in [-0.05, 0) is 25.3 Å². The Balaban J connectivity index is 1.47. The van der Waals surface area contributed by atoms with Gasteiger partial charge in [0.1, 0.15) is 17.6 Å². The highest BCUT2D eigenvalue weighted by Gasteiger charge is 2.40. The van der Waals surface area contributed by atoms with E-state index in [1.807, 2.05) is 30.3 Å². The van der Waals surface area contributed by atoms with Crippen LogP contribution >= 0.6 is 7.60 Å². The molecule has 0 saturated carbocycles. The smallest absolute Gasteiger partial charge is 0.365 e. The van der Waals surface area contributed by atoms with Gasteiger partial charge in [0, 0.05) is 6.42 Å². The van der Waals surface area contributed by atoms with Gasteiger partial charge in [0.05, 0.1) is 25.6 Å². The molecule has 0 aliphatic carbocycles. The van der Waals surface area contributed by atoms with E-state index < -0.39 is 31.7 Å². The van der Waals surface area contributed by atoms with Gasteiger partial charge in [-0.3, -0.25) is 9.13 Å². The number of ether oxygens (including phenoxy) is 3. The molecular weight excluding hydrogens is 465 g/mol. The number of anilines is 1. The van der Waals surface area contributed by atoms with Crippen LogP contribution in [0.3, 0.4) is 0 Å². The van der Waals surface area contributed by atoms with Gasteiger partial charge < -0.3 is 29.7 Å². The lowest BCUT2D eigenvalue weighted by Crippen LogP contribution is -2.30. The fourth-order valence-electron chi connectivity index (χ4n) is 3.78. The number of aromatic nitrogens is 4. The fourth-order valence-corrected chi connectivity index (χ4v) is 4.41. The SMILES string of the molecule is CCOC(=O)C(OC[C@@H]1CC[C@H](n2cnc3c(N)nc(Cc4ccccc4)nc32)O1)P(=O)(O)O. The fraction of sp³-hybridized carbons (Fsp3) is 0.429. The van der Waals surface area contributed by atoms with Gasteiger partial charge in [-0.2, -0.15) is 0 Å². The predicted molar refractivity (Wildman–Crippen MR) is 121 cm³/mol. The lowest BCUT2D eigenvalue weighted by Gasteiger charge is -2.20. The molecule has 4 N–H and O–H groups in total. The minimum atomic E-state index is -4.85. The topological polar surface area (TPSA) is 172 Å². The normalized spacial score (nSPS) is 19.4. The van der Waals surface area contributed by atoms with Crippen LogP contribution < -0.4 is 5.73 Å². The van der Waals surface area contributed by atoms with Crippen LogP contribution in [0.25, 0.3) is 11.2 Å². The zero-order chi connectivity index (χ0) is 24.3. The number of nitrogen functional groups attached to an aromatic ring is 1. The van der Waals surface area contributed by atoms with Gasteiger partial charge in [-0.25, -0.2) is 19.7 Å². The Bertz CT molecular complexity index is 1200. The van der Waals surface area contributed by atoms with Crippen LogP contribution in [0.5, 0.6) is 0 Å². The molecule has 34 heavy (non-hydrogen) atoms. The zero-order valence-corrected chi connectivity index (χ0v) is 19.4. The van der Waals surface area contributed by atoms with Crippen molar-refractivity contribution in [2.24, 2.45) is 0 Å². The molecule has 2 aromatic heterocycles. The number of rotatable bonds is 9. The number of nitrogens with zero attached hydrogens (tertiary/aromatic N) is 4. The Kier molecular flexibility index (Phi) is 7.24. The van der Waals surface area contributed by atoms with E-state index in [2.05, 4.69) is 15.0 Å². The Morgan fingerprint density at radius 1 is 1.29 bits per heavy atom. The van der Waals surface area contributed by atoms with Crippen molar-refractivity contribution in [3.63, 3.8) is 0 Å². The maximum Gasteiger partial charge on any atom is 0.365 e. The van der Waals surface area contributed by atoms with Crippen LogP contribution in [0.2, 0.25) is 0 Å². The van der Waals surface area contributed by atoms with E-state index in [0.29, 0.717) is 36.3 Å². The molecule has 0 amide bonds. The molecule has 1 aliphatic rings. The summed E-state index contributed by atoms with van der Waals surface area (Å²) in [6.07, 6.45) is 2.27. The van der Waals surface area contributed by atoms with Crippen molar-refractivity contribution < 1.29 is 33.4 Å². The lowest BCUT2D eigenvalue weighted by atomic mass is 10.1. The quantitative estimate of drug-likeness (QED) is 0.294. The first-order valence-corrected chi connectivity index (χ1v) is 12.5. The van der Waals surface area contributed by atoms with Crippen LogP contribution in [0.4, 0.5) is 5.82 Å². The summed E-state index contributed by atoms with van der Waals surface area (Å²) >= 11 is 0. The maximum atomic E-state index is 11.9. The zero-order valence-electron chi connectivity index (χ0n) is 18.5. The van der Waals surface area contributed by atoms with Crippen LogP contribution in [-0.4, -0.2) is 60.4 Å². The van der Waals surface area contributed by atoms with E-state index in [9.17, 15) is 19.1 Å². The molecule has 1 aromatic carbocycles. The number of hydrogen-bond acceptors (Lipinski definition) is 9. The van der Waals surface area contributed by atoms with Gasteiger partial charge in [-0.15, -0.1) is 0 Å². The van der Waals surface area contributed by atoms with Crippen LogP contribution in [0.1, 0.15) is 37.4 Å². The summed E-state index contributed by atoms with van der Waals surface area (Å²) in [7, 11) is -4.85. The van der Waals surface area contributed by atoms with E-state index in [0.717, 1.165) is 5.56 Å². The Morgan fingerprint density at radius 2 is 2.06 bits per heavy atom. The first-order chi connectivity index (χ1) is 16.3. The molecule has 182 valence electrons. The molecule has 0 radical (unpaired) electrons. The van der Waals surface area contributed by atoms with Gasteiger partial charge >= 0.3 is 13.6 Å². The van der Waals surface area contributed by atoms with Gasteiger partial charge in [0.2, 0.25) is 0 Å². The molecule has 1 fully saturated rings. The molecule has 12 nitrogen and oxygen atoms in total. The number of fused-ring (bicyclic) bond motifs is 1. The van der Waals surface area contributed by atoms with Gasteiger partial charge in [0.15, 0.2) is 11.5 Å². The van der Waals surface area contributed by atoms with Crippen LogP contribution in [0.15, 0.2) is 36.7 Å². The van der Waals surface area contributed by atoms with Crippen LogP contribution in [-0.2, 0) is 30.0 Å². The second kappa shape index (κ2) is 10.2. The van der Waals surface area contributed by atoms with Crippen molar-refractivity contribution in [1.82, 2.24) is 19.5 Å². The summed E-state index contributed by atoms with van der Waals surface area (Å²) in [6, 6.07) is 9.77. The molecule has 1 saturated heterocycles. The van der Waals surface area contributed by atoms with E-state index >= 15 is 0 Å². The Labute approximate surface area is 195 Å². The summed E-state index contributed by atoms with van der Waals surface area (Å²) < 4.78 is 29.3. The average molecular weight is 491 g/mol. The minimum absolute atomic E-state index is 0.0222. The third-order valence-corrected chi connectivity index (χ3v) is 6.30. The highest BCUT2D eigenvalue weighted by Crippen LogP contribution is 2.43. The molecule has 4 rings (SSSR count). The Hall–Kier alpha value is -2.89. The molecule has 1 unspecified atom stereocenters. The molecule has 3 atom stereocenters. The summed E-state index contributed by atoms with van der Waals surface area (Å²) in [5, 5.41) is 0. The van der Waals surface area contributed by atoms with E-state index in [4.69, 9.17) is 19.9 Å². The van der Waals surface area contributed by atoms with Crippen LogP contribution in [0, 0.1) is 0 Å². The Morgan fingerprint density at radius 3 is 2.76 bits per heavy atom. The molecular formula is C21H26N5O7P. The summed E-state index contributed by atoms with van der Waals surface area (Å²) in [5.41, 5.74) is 8.16. The van der Waals surface area contributed by atoms with E-state index in [1.165, 1.54) is 6.92 Å². The molecule has 3 aromatic rings. The van der Waals surface area contributed by atoms with Crippen molar-refractivity contribution in [2.75, 3.05) is 18.9 Å². The minimum Gasteiger partial charge on any atom is -0.464 e. The number of imidazole rings is 1. The summed E-state index contributed by atoms with van der Waals surface area (Å²) in [4.78, 5) is 44.1. The van der Waals surface area contributed by atoms with Crippen molar-refractivity contribution in [3.8, 4) is 0 Å². The number of carbonyl (C=O) groups excluding carboxylic acids is 1. The predicted octanol–water partition coefficient (Wildman–Crippen LogP) is 1.76. The largest absolute Gasteiger partial charge is 0.464 e. The first-order valence-electron chi connectivity index (χ1n) is 10.8. The molecule has 3 heterocycles. The number of nitrogens with two attached hydrogens (primary N) is 1. The van der Waals surface area contributed by atoms with E-state index in [1.54, 1.807) is 10.9 Å². The number of carbonyl (C=O) groups is 1. The van der Waals surface area contributed by atoms with Crippen molar-refractivity contribution in [1.29, 1.82) is 0 Å². The molecule has 0 bridgehead atoms. The van der Waals surface area contributed by atoms with E-state index in [-0.39, 0.29) is 19.0 Å². The van der Waals surface area contributed by atoms with Crippen molar-refractivity contribution in [2.45, 2.75) is 44.4 Å². The highest BCUT2D eigenvalue weighted by molar-refractivity contribution is 7.53. The van der Waals surface area contributed by atoms with Gasteiger partial charge in [-0.1, -0.05) is 30.3 Å². The standard InChI is InChI=1S/C21H26N5O7P/c1-2-31-20(27)21(34(28,29)30)32-11-14-8-9-16(33-14)26-12-23-17-18(22)24-15(25-19(17)26)10-13-6-4-3-5-7-13/h3-7,12,14,16,21H,2,8-11H2,1H3,(H2,22,24,25)(H2,28,29,30)/t14-,16+,21?/m0/s1. The third-order valence-electron chi connectivity index (χ3n) is 5.33. The van der Waals surface area contributed by atoms with Crippen molar-refractivity contribution >= 4 is 30.5 Å². The molecule has 1 aliphatic heterocycles. The highest BCUT2D eigenvalue weighted by atomic mass is 31.2. The third kappa shape index (κ3) is 5.43. The number of hydrogen-bond donors (Lipinski definition) is 3. The molecule has 13 heteroatoms. The second-order valence-corrected chi connectivity index (χ2v) is 9.48. The van der Waals surface area contributed by atoms with Gasteiger partial charge in [0.25, 0.3) is 5.85 Å². The maximum absolute atomic E-state index is 11.9. The second-order valence-electron chi connectivity index (χ2n) is 7.83. The summed E-state index contributed by atoms with van der Waals surface area (Å²) in [5.74, 6) is -2.28. The molecule has 0 spiro atoms. The lowest BCUT2D eigenvalue weighted by molar-refractivity contribution is -0.154. The number of esters is 1.